The zero-order valence-corrected chi connectivity index (χ0v) is 19.0. The summed E-state index contributed by atoms with van der Waals surface area (Å²) in [6, 6.07) is 4.65. The quantitative estimate of drug-likeness (QED) is 0.665. The summed E-state index contributed by atoms with van der Waals surface area (Å²) >= 11 is 0. The molecule has 0 spiro atoms. The van der Waals surface area contributed by atoms with Gasteiger partial charge in [-0.15, -0.1) is 0 Å². The van der Waals surface area contributed by atoms with Gasteiger partial charge in [0.2, 0.25) is 5.91 Å². The highest BCUT2D eigenvalue weighted by molar-refractivity contribution is 5.92. The van der Waals surface area contributed by atoms with Crippen LogP contribution in [0.4, 0.5) is 0 Å². The van der Waals surface area contributed by atoms with Crippen LogP contribution in [0.2, 0.25) is 0 Å². The van der Waals surface area contributed by atoms with E-state index in [0.29, 0.717) is 25.3 Å². The minimum Gasteiger partial charge on any atom is -0.339 e. The Balaban J connectivity index is 1.19. The topological polar surface area (TPSA) is 60.0 Å². The van der Waals surface area contributed by atoms with Crippen molar-refractivity contribution in [1.29, 1.82) is 0 Å². The lowest BCUT2D eigenvalue weighted by molar-refractivity contribution is -0.135. The van der Waals surface area contributed by atoms with Gasteiger partial charge in [-0.1, -0.05) is 25.8 Å². The van der Waals surface area contributed by atoms with Gasteiger partial charge in [-0.25, -0.2) is 0 Å². The molecule has 3 fully saturated rings. The lowest BCUT2D eigenvalue weighted by Crippen LogP contribution is -2.56. The summed E-state index contributed by atoms with van der Waals surface area (Å²) in [5.74, 6) is 0.234. The molecule has 1 aromatic rings. The lowest BCUT2D eigenvalue weighted by atomic mass is 9.91. The highest BCUT2D eigenvalue weighted by Gasteiger charge is 2.30. The smallest absolute Gasteiger partial charge is 0.272 e. The van der Waals surface area contributed by atoms with Gasteiger partial charge in [-0.3, -0.25) is 24.4 Å². The summed E-state index contributed by atoms with van der Waals surface area (Å²) < 4.78 is 0. The van der Waals surface area contributed by atoms with Gasteiger partial charge in [0.25, 0.3) is 5.91 Å². The number of aryl methyl sites for hydroxylation is 1. The maximum Gasteiger partial charge on any atom is 0.272 e. The molecule has 7 heteroatoms. The maximum atomic E-state index is 12.8. The van der Waals surface area contributed by atoms with Crippen molar-refractivity contribution < 1.29 is 9.59 Å². The Morgan fingerprint density at radius 3 is 2.26 bits per heavy atom. The number of carbonyl (C=O) groups excluding carboxylic acids is 2. The SMILES string of the molecule is CCCCc1ccc(C(=O)N2CCN(CC(=O)N3CCN(C4CCC4)CC3)CC2)nc1. The molecule has 4 rings (SSSR count). The highest BCUT2D eigenvalue weighted by Crippen LogP contribution is 2.25. The van der Waals surface area contributed by atoms with Crippen molar-refractivity contribution in [1.82, 2.24) is 24.6 Å². The molecule has 2 amide bonds. The van der Waals surface area contributed by atoms with Crippen LogP contribution in [0.3, 0.4) is 0 Å². The Hall–Kier alpha value is -1.99. The molecular formula is C24H37N5O2. The Kier molecular flexibility index (Phi) is 7.56. The first-order valence-corrected chi connectivity index (χ1v) is 12.1. The molecule has 1 saturated carbocycles. The molecule has 0 atom stereocenters. The molecule has 0 aromatic carbocycles. The van der Waals surface area contributed by atoms with Crippen molar-refractivity contribution in [2.75, 3.05) is 58.9 Å². The van der Waals surface area contributed by atoms with Crippen LogP contribution in [0, 0.1) is 0 Å². The number of carbonyl (C=O) groups is 2. The van der Waals surface area contributed by atoms with Gasteiger partial charge in [-0.2, -0.15) is 0 Å². The van der Waals surface area contributed by atoms with Gasteiger partial charge in [-0.05, 0) is 37.3 Å². The maximum absolute atomic E-state index is 12.8. The fraction of sp³-hybridized carbons (Fsp3) is 0.708. The van der Waals surface area contributed by atoms with Gasteiger partial charge in [0.15, 0.2) is 0 Å². The fourth-order valence-corrected chi connectivity index (χ4v) is 4.73. The molecule has 2 saturated heterocycles. The van der Waals surface area contributed by atoms with E-state index in [2.05, 4.69) is 21.7 Å². The third kappa shape index (κ3) is 5.63. The summed E-state index contributed by atoms with van der Waals surface area (Å²) in [7, 11) is 0. The predicted octanol–water partition coefficient (Wildman–Crippen LogP) is 1.88. The van der Waals surface area contributed by atoms with Gasteiger partial charge in [0.1, 0.15) is 5.69 Å². The largest absolute Gasteiger partial charge is 0.339 e. The van der Waals surface area contributed by atoms with Gasteiger partial charge in [0, 0.05) is 64.6 Å². The second kappa shape index (κ2) is 10.6. The molecule has 0 bridgehead atoms. The van der Waals surface area contributed by atoms with Crippen molar-refractivity contribution in [3.05, 3.63) is 29.6 Å². The van der Waals surface area contributed by atoms with Gasteiger partial charge in [0.05, 0.1) is 6.54 Å². The molecule has 7 nitrogen and oxygen atoms in total. The second-order valence-electron chi connectivity index (χ2n) is 9.23. The summed E-state index contributed by atoms with van der Waals surface area (Å²) in [6.07, 6.45) is 9.17. The number of piperazine rings is 2. The number of unbranched alkanes of at least 4 members (excludes halogenated alkanes) is 1. The van der Waals surface area contributed by atoms with E-state index in [1.54, 1.807) is 0 Å². The molecular weight excluding hydrogens is 390 g/mol. The van der Waals surface area contributed by atoms with E-state index < -0.39 is 0 Å². The van der Waals surface area contributed by atoms with Crippen molar-refractivity contribution in [2.45, 2.75) is 51.5 Å². The highest BCUT2D eigenvalue weighted by atomic mass is 16.2. The Morgan fingerprint density at radius 1 is 0.968 bits per heavy atom. The normalized spacial score (nSPS) is 21.2. The molecule has 0 radical (unpaired) electrons. The summed E-state index contributed by atoms with van der Waals surface area (Å²) in [5.41, 5.74) is 1.71. The van der Waals surface area contributed by atoms with Crippen LogP contribution in [0.1, 0.15) is 55.1 Å². The average Bonchev–Trinajstić information content (AvgIpc) is 2.77. The first kappa shape index (κ1) is 22.2. The van der Waals surface area contributed by atoms with Gasteiger partial charge >= 0.3 is 0 Å². The van der Waals surface area contributed by atoms with Crippen LogP contribution < -0.4 is 0 Å². The second-order valence-corrected chi connectivity index (χ2v) is 9.23. The third-order valence-corrected chi connectivity index (χ3v) is 7.14. The zero-order chi connectivity index (χ0) is 21.6. The number of hydrogen-bond acceptors (Lipinski definition) is 5. The number of rotatable bonds is 7. The van der Waals surface area contributed by atoms with E-state index in [1.807, 2.05) is 28.1 Å². The number of pyridine rings is 1. The van der Waals surface area contributed by atoms with Crippen LogP contribution in [-0.2, 0) is 11.2 Å². The van der Waals surface area contributed by atoms with Crippen LogP contribution in [0.15, 0.2) is 18.3 Å². The predicted molar refractivity (Wildman–Crippen MR) is 121 cm³/mol. The molecule has 170 valence electrons. The third-order valence-electron chi connectivity index (χ3n) is 7.14. The lowest BCUT2D eigenvalue weighted by Gasteiger charge is -2.43. The van der Waals surface area contributed by atoms with Crippen LogP contribution in [0.5, 0.6) is 0 Å². The van der Waals surface area contributed by atoms with E-state index in [4.69, 9.17) is 0 Å². The number of nitrogens with zero attached hydrogens (tertiary/aromatic N) is 5. The minimum absolute atomic E-state index is 0.000124. The van der Waals surface area contributed by atoms with Gasteiger partial charge < -0.3 is 9.80 Å². The van der Waals surface area contributed by atoms with Crippen molar-refractivity contribution in [2.24, 2.45) is 0 Å². The molecule has 1 aromatic heterocycles. The van der Waals surface area contributed by atoms with E-state index in [9.17, 15) is 9.59 Å². The molecule has 2 aliphatic heterocycles. The first-order chi connectivity index (χ1) is 15.1. The van der Waals surface area contributed by atoms with Crippen molar-refractivity contribution >= 4 is 11.8 Å². The molecule has 31 heavy (non-hydrogen) atoms. The first-order valence-electron chi connectivity index (χ1n) is 12.1. The zero-order valence-electron chi connectivity index (χ0n) is 19.0. The van der Waals surface area contributed by atoms with Crippen LogP contribution in [0.25, 0.3) is 0 Å². The van der Waals surface area contributed by atoms with Crippen molar-refractivity contribution in [3.8, 4) is 0 Å². The summed E-state index contributed by atoms with van der Waals surface area (Å²) in [4.78, 5) is 38.6. The average molecular weight is 428 g/mol. The van der Waals surface area contributed by atoms with E-state index >= 15 is 0 Å². The molecule has 0 unspecified atom stereocenters. The Bertz CT molecular complexity index is 733. The Labute approximate surface area is 186 Å². The number of amides is 2. The molecule has 1 aliphatic carbocycles. The molecule has 0 N–H and O–H groups in total. The van der Waals surface area contributed by atoms with E-state index in [0.717, 1.165) is 64.6 Å². The Morgan fingerprint density at radius 2 is 1.68 bits per heavy atom. The summed E-state index contributed by atoms with van der Waals surface area (Å²) in [5, 5.41) is 0. The molecule has 3 aliphatic rings. The monoisotopic (exact) mass is 427 g/mol. The number of hydrogen-bond donors (Lipinski definition) is 0. The van der Waals surface area contributed by atoms with Crippen molar-refractivity contribution in [3.63, 3.8) is 0 Å². The standard InChI is InChI=1S/C24H37N5O2/c1-2-3-5-20-8-9-22(25-18-20)24(31)29-12-10-26(11-13-29)19-23(30)28-16-14-27(15-17-28)21-6-4-7-21/h8-9,18,21H,2-7,10-17,19H2,1H3. The molecule has 3 heterocycles. The number of aromatic nitrogens is 1. The van der Waals surface area contributed by atoms with E-state index in [1.165, 1.54) is 24.8 Å². The minimum atomic E-state index is 0.000124. The van der Waals surface area contributed by atoms with Crippen LogP contribution >= 0.6 is 0 Å². The summed E-state index contributed by atoms with van der Waals surface area (Å²) in [6.45, 7) is 9.18. The van der Waals surface area contributed by atoms with Crippen LogP contribution in [-0.4, -0.2) is 101 Å². The van der Waals surface area contributed by atoms with E-state index in [-0.39, 0.29) is 11.8 Å². The fourth-order valence-electron chi connectivity index (χ4n) is 4.73.